The van der Waals surface area contributed by atoms with Crippen LogP contribution in [0.3, 0.4) is 0 Å². The molecular weight excluding hydrogens is 294 g/mol. The molecule has 0 aromatic heterocycles. The summed E-state index contributed by atoms with van der Waals surface area (Å²) >= 11 is 0. The van der Waals surface area contributed by atoms with E-state index < -0.39 is 17.9 Å². The second kappa shape index (κ2) is 7.98. The molecule has 2 aromatic carbocycles. The summed E-state index contributed by atoms with van der Waals surface area (Å²) in [5.41, 5.74) is 1.17. The van der Waals surface area contributed by atoms with Crippen molar-refractivity contribution in [2.75, 3.05) is 6.61 Å². The highest BCUT2D eigenvalue weighted by atomic mass is 16.5. The average Bonchev–Trinajstić information content (AvgIpc) is 2.56. The number of carboxylic acid groups (broad SMARTS) is 1. The molecule has 0 unspecified atom stereocenters. The maximum absolute atomic E-state index is 12.4. The van der Waals surface area contributed by atoms with Crippen LogP contribution in [0.5, 0.6) is 5.75 Å². The Hall–Kier alpha value is -2.82. The Morgan fingerprint density at radius 1 is 1.09 bits per heavy atom. The number of hydrogen-bond acceptors (Lipinski definition) is 3. The fourth-order valence-corrected chi connectivity index (χ4v) is 2.22. The van der Waals surface area contributed by atoms with Crippen molar-refractivity contribution in [1.82, 2.24) is 5.32 Å². The van der Waals surface area contributed by atoms with Gasteiger partial charge in [-0.25, -0.2) is 4.79 Å². The highest BCUT2D eigenvalue weighted by molar-refractivity contribution is 5.98. The number of ether oxygens (including phenoxy) is 1. The van der Waals surface area contributed by atoms with Crippen molar-refractivity contribution >= 4 is 11.9 Å². The summed E-state index contributed by atoms with van der Waals surface area (Å²) in [6.07, 6.45) is 0.221. The third-order valence-corrected chi connectivity index (χ3v) is 3.32. The van der Waals surface area contributed by atoms with Crippen LogP contribution in [0.4, 0.5) is 0 Å². The zero-order chi connectivity index (χ0) is 16.7. The molecule has 0 heterocycles. The van der Waals surface area contributed by atoms with Crippen molar-refractivity contribution < 1.29 is 19.4 Å². The van der Waals surface area contributed by atoms with Crippen molar-refractivity contribution in [3.63, 3.8) is 0 Å². The standard InChI is InChI=1S/C18H19NO4/c1-2-23-16-11-7-6-10-14(16)17(20)19-15(18(21)22)12-13-8-4-3-5-9-13/h3-11,15H,2,12H2,1H3,(H,19,20)(H,21,22)/t15-/m0/s1. The minimum Gasteiger partial charge on any atom is -0.493 e. The van der Waals surface area contributed by atoms with E-state index in [0.29, 0.717) is 17.9 Å². The molecule has 120 valence electrons. The number of carboxylic acids is 1. The van der Waals surface area contributed by atoms with E-state index in [1.54, 1.807) is 24.3 Å². The van der Waals surface area contributed by atoms with Crippen LogP contribution in [-0.2, 0) is 11.2 Å². The fraction of sp³-hybridized carbons (Fsp3) is 0.222. The maximum Gasteiger partial charge on any atom is 0.326 e. The number of para-hydroxylation sites is 1. The van der Waals surface area contributed by atoms with Gasteiger partial charge in [-0.15, -0.1) is 0 Å². The molecule has 0 radical (unpaired) electrons. The minimum absolute atomic E-state index is 0.221. The topological polar surface area (TPSA) is 75.6 Å². The minimum atomic E-state index is -1.07. The molecule has 0 saturated carbocycles. The Kier molecular flexibility index (Phi) is 5.74. The van der Waals surface area contributed by atoms with Crippen molar-refractivity contribution in [2.45, 2.75) is 19.4 Å². The summed E-state index contributed by atoms with van der Waals surface area (Å²) in [7, 11) is 0. The van der Waals surface area contributed by atoms with Crippen LogP contribution in [-0.4, -0.2) is 29.6 Å². The zero-order valence-electron chi connectivity index (χ0n) is 12.9. The lowest BCUT2D eigenvalue weighted by Gasteiger charge is -2.16. The Bertz CT molecular complexity index is 670. The van der Waals surface area contributed by atoms with Gasteiger partial charge in [-0.1, -0.05) is 42.5 Å². The number of amides is 1. The number of carbonyl (C=O) groups excluding carboxylic acids is 1. The third kappa shape index (κ3) is 4.57. The van der Waals surface area contributed by atoms with Gasteiger partial charge in [0, 0.05) is 6.42 Å². The van der Waals surface area contributed by atoms with Crippen molar-refractivity contribution in [1.29, 1.82) is 0 Å². The van der Waals surface area contributed by atoms with Crippen molar-refractivity contribution in [2.24, 2.45) is 0 Å². The summed E-state index contributed by atoms with van der Waals surface area (Å²) in [6.45, 7) is 2.25. The van der Waals surface area contributed by atoms with Crippen molar-refractivity contribution in [3.05, 3.63) is 65.7 Å². The van der Waals surface area contributed by atoms with Crippen LogP contribution < -0.4 is 10.1 Å². The molecule has 2 N–H and O–H groups in total. The lowest BCUT2D eigenvalue weighted by Crippen LogP contribution is -2.42. The van der Waals surface area contributed by atoms with Gasteiger partial charge in [0.25, 0.3) is 5.91 Å². The second-order valence-electron chi connectivity index (χ2n) is 4.98. The molecule has 0 aliphatic rings. The van der Waals surface area contributed by atoms with Crippen LogP contribution in [0.2, 0.25) is 0 Å². The Balaban J connectivity index is 2.14. The van der Waals surface area contributed by atoms with Crippen LogP contribution >= 0.6 is 0 Å². The van der Waals surface area contributed by atoms with Gasteiger partial charge in [0.2, 0.25) is 0 Å². The number of carbonyl (C=O) groups is 2. The predicted molar refractivity (Wildman–Crippen MR) is 86.6 cm³/mol. The fourth-order valence-electron chi connectivity index (χ4n) is 2.22. The molecule has 0 spiro atoms. The molecule has 0 fully saturated rings. The number of aliphatic carboxylic acids is 1. The van der Waals surface area contributed by atoms with Gasteiger partial charge in [-0.3, -0.25) is 4.79 Å². The highest BCUT2D eigenvalue weighted by Gasteiger charge is 2.22. The van der Waals surface area contributed by atoms with Crippen LogP contribution in [0, 0.1) is 0 Å². The van der Waals surface area contributed by atoms with Crippen LogP contribution in [0.15, 0.2) is 54.6 Å². The molecule has 2 rings (SSSR count). The maximum atomic E-state index is 12.4. The molecule has 23 heavy (non-hydrogen) atoms. The Morgan fingerprint density at radius 2 is 1.74 bits per heavy atom. The van der Waals surface area contributed by atoms with Gasteiger partial charge in [0.1, 0.15) is 11.8 Å². The van der Waals surface area contributed by atoms with E-state index in [4.69, 9.17) is 4.74 Å². The quantitative estimate of drug-likeness (QED) is 0.823. The summed E-state index contributed by atoms with van der Waals surface area (Å²) in [5, 5.41) is 11.9. The van der Waals surface area contributed by atoms with Gasteiger partial charge in [-0.2, -0.15) is 0 Å². The van der Waals surface area contributed by atoms with Gasteiger partial charge in [-0.05, 0) is 24.6 Å². The molecule has 1 atom stereocenters. The lowest BCUT2D eigenvalue weighted by molar-refractivity contribution is -0.139. The summed E-state index contributed by atoms with van der Waals surface area (Å²) in [5.74, 6) is -1.09. The molecule has 0 saturated heterocycles. The monoisotopic (exact) mass is 313 g/mol. The molecule has 5 heteroatoms. The Morgan fingerprint density at radius 3 is 2.39 bits per heavy atom. The van der Waals surface area contributed by atoms with E-state index in [2.05, 4.69) is 5.32 Å². The first-order valence-corrected chi connectivity index (χ1v) is 7.41. The largest absolute Gasteiger partial charge is 0.493 e. The van der Waals surface area contributed by atoms with E-state index in [-0.39, 0.29) is 6.42 Å². The van der Waals surface area contributed by atoms with Crippen LogP contribution in [0.25, 0.3) is 0 Å². The molecule has 0 bridgehead atoms. The zero-order valence-corrected chi connectivity index (χ0v) is 12.9. The van der Waals surface area contributed by atoms with E-state index in [1.165, 1.54) is 0 Å². The normalized spacial score (nSPS) is 11.5. The smallest absolute Gasteiger partial charge is 0.326 e. The highest BCUT2D eigenvalue weighted by Crippen LogP contribution is 2.18. The SMILES string of the molecule is CCOc1ccccc1C(=O)N[C@@H](Cc1ccccc1)C(=O)O. The van der Waals surface area contributed by atoms with Crippen LogP contribution in [0.1, 0.15) is 22.8 Å². The molecule has 0 aliphatic carbocycles. The first kappa shape index (κ1) is 16.5. The summed E-state index contributed by atoms with van der Waals surface area (Å²) < 4.78 is 5.41. The second-order valence-corrected chi connectivity index (χ2v) is 4.98. The first-order valence-electron chi connectivity index (χ1n) is 7.41. The third-order valence-electron chi connectivity index (χ3n) is 3.32. The molecule has 2 aromatic rings. The predicted octanol–water partition coefficient (Wildman–Crippen LogP) is 2.51. The van der Waals surface area contributed by atoms with E-state index >= 15 is 0 Å². The van der Waals surface area contributed by atoms with Gasteiger partial charge < -0.3 is 15.2 Å². The van der Waals surface area contributed by atoms with E-state index in [9.17, 15) is 14.7 Å². The summed E-state index contributed by atoms with van der Waals surface area (Å²) in [4.78, 5) is 23.8. The molecule has 5 nitrogen and oxygen atoms in total. The number of rotatable bonds is 7. The summed E-state index contributed by atoms with van der Waals surface area (Å²) in [6, 6.07) is 15.0. The average molecular weight is 313 g/mol. The molecule has 1 amide bonds. The Labute approximate surface area is 134 Å². The van der Waals surface area contributed by atoms with Gasteiger partial charge >= 0.3 is 5.97 Å². The van der Waals surface area contributed by atoms with Gasteiger partial charge in [0.15, 0.2) is 0 Å². The first-order chi connectivity index (χ1) is 11.1. The van der Waals surface area contributed by atoms with Gasteiger partial charge in [0.05, 0.1) is 12.2 Å². The van der Waals surface area contributed by atoms with Crippen molar-refractivity contribution in [3.8, 4) is 5.75 Å². The molecule has 0 aliphatic heterocycles. The number of hydrogen-bond donors (Lipinski definition) is 2. The number of nitrogens with one attached hydrogen (secondary N) is 1. The van der Waals surface area contributed by atoms with E-state index in [1.807, 2.05) is 37.3 Å². The molecular formula is C18H19NO4. The van der Waals surface area contributed by atoms with E-state index in [0.717, 1.165) is 5.56 Å². The number of benzene rings is 2. The lowest BCUT2D eigenvalue weighted by atomic mass is 10.1.